The number of amides is 2. The monoisotopic (exact) mass is 343 g/mol. The highest BCUT2D eigenvalue weighted by atomic mass is 16.5. The molecule has 2 saturated carbocycles. The topological polar surface area (TPSA) is 81.1 Å². The second-order valence-electron chi connectivity index (χ2n) is 7.22. The molecule has 25 heavy (non-hydrogen) atoms. The first-order valence-corrected chi connectivity index (χ1v) is 9.02. The van der Waals surface area contributed by atoms with Gasteiger partial charge in [-0.1, -0.05) is 6.42 Å². The minimum atomic E-state index is -0.172. The number of urea groups is 1. The predicted octanol–water partition coefficient (Wildman–Crippen LogP) is 2.75. The largest absolute Gasteiger partial charge is 0.378 e. The maximum absolute atomic E-state index is 12.4. The first-order valence-electron chi connectivity index (χ1n) is 9.02. The maximum Gasteiger partial charge on any atom is 0.319 e. The van der Waals surface area contributed by atoms with Crippen molar-refractivity contribution in [2.75, 3.05) is 11.9 Å². The molecule has 0 radical (unpaired) electrons. The molecule has 2 heterocycles. The fraction of sp³-hybridized carbons (Fsp3) is 0.611. The van der Waals surface area contributed by atoms with Crippen molar-refractivity contribution in [1.82, 2.24) is 20.1 Å². The van der Waals surface area contributed by atoms with Gasteiger partial charge in [0.05, 0.1) is 23.7 Å². The van der Waals surface area contributed by atoms with E-state index in [0.717, 1.165) is 42.6 Å². The highest BCUT2D eigenvalue weighted by Gasteiger charge is 2.59. The number of pyridine rings is 1. The van der Waals surface area contributed by atoms with E-state index in [4.69, 9.17) is 4.74 Å². The average Bonchev–Trinajstić information content (AvgIpc) is 2.79. The number of ether oxygens (including phenoxy) is 1. The second kappa shape index (κ2) is 5.98. The Morgan fingerprint density at radius 3 is 2.96 bits per heavy atom. The Balaban J connectivity index is 1.42. The molecule has 2 aliphatic rings. The maximum atomic E-state index is 12.4. The molecule has 7 nitrogen and oxygen atoms in total. The molecule has 2 amide bonds. The lowest BCUT2D eigenvalue weighted by Crippen LogP contribution is -2.68. The van der Waals surface area contributed by atoms with Crippen LogP contribution < -0.4 is 10.6 Å². The van der Waals surface area contributed by atoms with Gasteiger partial charge < -0.3 is 15.4 Å². The summed E-state index contributed by atoms with van der Waals surface area (Å²) in [5.41, 5.74) is 2.57. The third-order valence-corrected chi connectivity index (χ3v) is 5.86. The zero-order valence-corrected chi connectivity index (χ0v) is 15.0. The Bertz CT molecular complexity index is 811. The highest BCUT2D eigenvalue weighted by molar-refractivity contribution is 5.92. The molecule has 2 aliphatic carbocycles. The van der Waals surface area contributed by atoms with E-state index in [1.54, 1.807) is 10.9 Å². The number of hydrogen-bond donors (Lipinski definition) is 2. The number of nitrogens with zero attached hydrogens (tertiary/aromatic N) is 3. The number of anilines is 1. The summed E-state index contributed by atoms with van der Waals surface area (Å²) < 4.78 is 7.59. The molecule has 2 N–H and O–H groups in total. The van der Waals surface area contributed by atoms with Gasteiger partial charge in [-0.2, -0.15) is 5.10 Å². The molecule has 2 aromatic rings. The van der Waals surface area contributed by atoms with E-state index in [0.29, 0.717) is 11.8 Å². The average molecular weight is 343 g/mol. The van der Waals surface area contributed by atoms with Gasteiger partial charge in [-0.3, -0.25) is 4.68 Å². The van der Waals surface area contributed by atoms with E-state index in [1.807, 2.05) is 27.0 Å². The number of nitrogens with one attached hydrogen (secondary N) is 2. The molecule has 0 bridgehead atoms. The van der Waals surface area contributed by atoms with Crippen LogP contribution >= 0.6 is 0 Å². The van der Waals surface area contributed by atoms with Crippen LogP contribution in [0.1, 0.15) is 38.3 Å². The van der Waals surface area contributed by atoms with Crippen LogP contribution in [0.4, 0.5) is 10.5 Å². The fourth-order valence-corrected chi connectivity index (χ4v) is 4.34. The van der Waals surface area contributed by atoms with E-state index in [2.05, 4.69) is 20.7 Å². The molecule has 4 rings (SSSR count). The summed E-state index contributed by atoms with van der Waals surface area (Å²) in [5.74, 6) is 0. The number of aryl methyl sites for hydroxylation is 2. The van der Waals surface area contributed by atoms with E-state index in [1.165, 1.54) is 6.42 Å². The van der Waals surface area contributed by atoms with Crippen molar-refractivity contribution in [2.24, 2.45) is 12.5 Å². The minimum absolute atomic E-state index is 0.162. The van der Waals surface area contributed by atoms with Gasteiger partial charge in [-0.25, -0.2) is 9.78 Å². The lowest BCUT2D eigenvalue weighted by atomic mass is 9.51. The van der Waals surface area contributed by atoms with Crippen LogP contribution in [0.2, 0.25) is 0 Å². The van der Waals surface area contributed by atoms with Crippen LogP contribution in [0, 0.1) is 12.3 Å². The van der Waals surface area contributed by atoms with Crippen molar-refractivity contribution in [3.63, 3.8) is 0 Å². The van der Waals surface area contributed by atoms with Gasteiger partial charge in [0.25, 0.3) is 0 Å². The molecular formula is C18H25N5O2. The molecule has 2 aromatic heterocycles. The van der Waals surface area contributed by atoms with Crippen LogP contribution in [0.5, 0.6) is 0 Å². The molecule has 0 unspecified atom stereocenters. The number of fused-ring (bicyclic) bond motifs is 1. The van der Waals surface area contributed by atoms with Crippen molar-refractivity contribution in [3.05, 3.63) is 18.0 Å². The molecule has 0 aliphatic heterocycles. The summed E-state index contributed by atoms with van der Waals surface area (Å²) >= 11 is 0. The van der Waals surface area contributed by atoms with Crippen molar-refractivity contribution in [1.29, 1.82) is 0 Å². The van der Waals surface area contributed by atoms with Gasteiger partial charge in [0, 0.05) is 30.5 Å². The third kappa shape index (κ3) is 2.57. The normalized spacial score (nSPS) is 24.0. The SMILES string of the molecule is CCO[C@@H]1C[C@@H](NC(=O)Nc2cnc3c(c2)c(C)nn3C)C12CCC2. The lowest BCUT2D eigenvalue weighted by Gasteiger charge is -2.60. The number of hydrogen-bond acceptors (Lipinski definition) is 4. The Kier molecular flexibility index (Phi) is 3.91. The Hall–Kier alpha value is -2.15. The molecule has 0 aromatic carbocycles. The first kappa shape index (κ1) is 16.3. The van der Waals surface area contributed by atoms with E-state index >= 15 is 0 Å². The minimum Gasteiger partial charge on any atom is -0.378 e. The summed E-state index contributed by atoms with van der Waals surface area (Å²) in [6.45, 7) is 4.71. The first-order chi connectivity index (χ1) is 12.0. The van der Waals surface area contributed by atoms with E-state index in [9.17, 15) is 4.79 Å². The summed E-state index contributed by atoms with van der Waals surface area (Å²) in [4.78, 5) is 16.8. The van der Waals surface area contributed by atoms with Gasteiger partial charge >= 0.3 is 6.03 Å². The second-order valence-corrected chi connectivity index (χ2v) is 7.22. The molecule has 134 valence electrons. The zero-order chi connectivity index (χ0) is 17.6. The van der Waals surface area contributed by atoms with Gasteiger partial charge in [-0.05, 0) is 39.2 Å². The zero-order valence-electron chi connectivity index (χ0n) is 15.0. The summed E-state index contributed by atoms with van der Waals surface area (Å²) in [7, 11) is 1.87. The smallest absolute Gasteiger partial charge is 0.319 e. The van der Waals surface area contributed by atoms with Gasteiger partial charge in [0.2, 0.25) is 0 Å². The van der Waals surface area contributed by atoms with Crippen molar-refractivity contribution >= 4 is 22.8 Å². The van der Waals surface area contributed by atoms with Gasteiger partial charge in [0.1, 0.15) is 0 Å². The number of aromatic nitrogens is 3. The van der Waals surface area contributed by atoms with E-state index < -0.39 is 0 Å². The molecule has 2 fully saturated rings. The predicted molar refractivity (Wildman–Crippen MR) is 95.5 cm³/mol. The summed E-state index contributed by atoms with van der Waals surface area (Å²) in [6.07, 6.45) is 6.39. The van der Waals surface area contributed by atoms with Crippen LogP contribution in [0.25, 0.3) is 11.0 Å². The van der Waals surface area contributed by atoms with Gasteiger partial charge in [-0.15, -0.1) is 0 Å². The lowest BCUT2D eigenvalue weighted by molar-refractivity contribution is -0.169. The molecular weight excluding hydrogens is 318 g/mol. The van der Waals surface area contributed by atoms with Gasteiger partial charge in [0.15, 0.2) is 5.65 Å². The van der Waals surface area contributed by atoms with Crippen LogP contribution in [0.3, 0.4) is 0 Å². The van der Waals surface area contributed by atoms with E-state index in [-0.39, 0.29) is 17.5 Å². The number of carbonyl (C=O) groups excluding carboxylic acids is 1. The fourth-order valence-electron chi connectivity index (χ4n) is 4.34. The van der Waals surface area contributed by atoms with Crippen LogP contribution in [-0.2, 0) is 11.8 Å². The quantitative estimate of drug-likeness (QED) is 0.894. The third-order valence-electron chi connectivity index (χ3n) is 5.86. The van der Waals surface area contributed by atoms with Crippen LogP contribution in [-0.4, -0.2) is 39.5 Å². The number of rotatable bonds is 4. The van der Waals surface area contributed by atoms with Crippen LogP contribution in [0.15, 0.2) is 12.3 Å². The number of carbonyl (C=O) groups is 1. The van der Waals surface area contributed by atoms with Crippen molar-refractivity contribution in [3.8, 4) is 0 Å². The van der Waals surface area contributed by atoms with Crippen molar-refractivity contribution in [2.45, 2.75) is 51.7 Å². The van der Waals surface area contributed by atoms with Crippen molar-refractivity contribution < 1.29 is 9.53 Å². The standard InChI is InChI=1S/C18H25N5O2/c1-4-25-15-9-14(18(15)6-5-7-18)21-17(24)20-12-8-13-11(2)22-23(3)16(13)19-10-12/h8,10,14-15H,4-7,9H2,1-3H3,(H2,20,21,24)/t14-,15-/m1/s1. The highest BCUT2D eigenvalue weighted by Crippen LogP contribution is 2.57. The molecule has 0 saturated heterocycles. The molecule has 1 spiro atoms. The Morgan fingerprint density at radius 1 is 1.48 bits per heavy atom. The Morgan fingerprint density at radius 2 is 2.28 bits per heavy atom. The summed E-state index contributed by atoms with van der Waals surface area (Å²) in [6, 6.07) is 1.95. The molecule has 7 heteroatoms. The summed E-state index contributed by atoms with van der Waals surface area (Å²) in [5, 5.41) is 11.4. The Labute approximate surface area is 147 Å². The molecule has 2 atom stereocenters.